The lowest BCUT2D eigenvalue weighted by Gasteiger charge is -2.38. The van der Waals surface area contributed by atoms with Gasteiger partial charge in [0.05, 0.1) is 25.3 Å². The molecule has 1 saturated heterocycles. The highest BCUT2D eigenvalue weighted by atomic mass is 32.3. The van der Waals surface area contributed by atoms with E-state index in [-0.39, 0.29) is 24.4 Å². The van der Waals surface area contributed by atoms with E-state index in [4.69, 9.17) is 8.37 Å². The maximum absolute atomic E-state index is 13.1. The molecule has 2 aliphatic heterocycles. The first kappa shape index (κ1) is 23.6. The fourth-order valence-corrected chi connectivity index (χ4v) is 5.07. The molecule has 0 spiro atoms. The summed E-state index contributed by atoms with van der Waals surface area (Å²) in [5.41, 5.74) is 2.69. The van der Waals surface area contributed by atoms with Crippen LogP contribution in [0.25, 0.3) is 16.9 Å². The number of carbonyl (C=O) groups is 1. The molecule has 6 rings (SSSR count). The molecule has 0 unspecified atom stereocenters. The topological polar surface area (TPSA) is 116 Å². The summed E-state index contributed by atoms with van der Waals surface area (Å²) in [4.78, 5) is 18.7. The number of hydrogen-bond donors (Lipinski definition) is 1. The molecule has 0 radical (unpaired) electrons. The van der Waals surface area contributed by atoms with Crippen molar-refractivity contribution in [2.24, 2.45) is 0 Å². The smallest absolute Gasteiger partial charge is 0.348 e. The third kappa shape index (κ3) is 4.91. The number of hydrogen-bond acceptors (Lipinski definition) is 8. The third-order valence-electron chi connectivity index (χ3n) is 6.21. The summed E-state index contributed by atoms with van der Waals surface area (Å²) in [5.74, 6) is -4.30. The first-order chi connectivity index (χ1) is 17.7. The molecule has 1 aromatic carbocycles. The molecule has 3 aromatic rings. The van der Waals surface area contributed by atoms with Crippen molar-refractivity contribution in [3.05, 3.63) is 72.0 Å². The summed E-state index contributed by atoms with van der Waals surface area (Å²) in [5, 5.41) is 6.97. The van der Waals surface area contributed by atoms with E-state index >= 15 is 0 Å². The number of aromatic nitrogens is 3. The van der Waals surface area contributed by atoms with Gasteiger partial charge in [-0.05, 0) is 42.2 Å². The van der Waals surface area contributed by atoms with Gasteiger partial charge in [0, 0.05) is 41.9 Å². The van der Waals surface area contributed by atoms with Gasteiger partial charge < -0.3 is 13.7 Å². The molecule has 37 heavy (non-hydrogen) atoms. The molecule has 1 N–H and O–H groups in total. The fourth-order valence-electron chi connectivity index (χ4n) is 4.31. The zero-order valence-corrected chi connectivity index (χ0v) is 20.1. The zero-order chi connectivity index (χ0) is 25.8. The molecule has 2 fully saturated rings. The zero-order valence-electron chi connectivity index (χ0n) is 19.3. The van der Waals surface area contributed by atoms with Gasteiger partial charge >= 0.3 is 10.4 Å². The monoisotopic (exact) mass is 529 g/mol. The predicted molar refractivity (Wildman–Crippen MR) is 127 cm³/mol. The Balaban J connectivity index is 1.24. The van der Waals surface area contributed by atoms with Crippen LogP contribution in [0.15, 0.2) is 60.9 Å². The van der Waals surface area contributed by atoms with Crippen molar-refractivity contribution in [1.82, 2.24) is 19.7 Å². The number of nitrogens with zero attached hydrogens (tertiary/aromatic N) is 4. The number of benzene rings is 1. The number of amides is 1. The summed E-state index contributed by atoms with van der Waals surface area (Å²) in [6.07, 6.45) is 8.54. The summed E-state index contributed by atoms with van der Waals surface area (Å²) >= 11 is 0. The Morgan fingerprint density at radius 1 is 1.08 bits per heavy atom. The minimum Gasteiger partial charge on any atom is -0.348 e. The number of halogens is 2. The SMILES string of the molecule is O=C(Nc1ccc(CN2CC(F)(F)C2)cc1)C1=C(c2cnccc2-c2cnn(C3CC3)c2)OS(=O)(=O)O1. The number of carbonyl (C=O) groups excluding carboxylic acids is 1. The molecule has 0 atom stereocenters. The lowest BCUT2D eigenvalue weighted by Crippen LogP contribution is -2.55. The van der Waals surface area contributed by atoms with Crippen LogP contribution < -0.4 is 5.32 Å². The van der Waals surface area contributed by atoms with Crippen molar-refractivity contribution in [3.63, 3.8) is 0 Å². The lowest BCUT2D eigenvalue weighted by molar-refractivity contribution is -0.133. The maximum Gasteiger partial charge on any atom is 0.501 e. The van der Waals surface area contributed by atoms with Gasteiger partial charge in [0.1, 0.15) is 0 Å². The van der Waals surface area contributed by atoms with Gasteiger partial charge in [-0.25, -0.2) is 8.78 Å². The Labute approximate surface area is 210 Å². The molecule has 1 aliphatic carbocycles. The summed E-state index contributed by atoms with van der Waals surface area (Å²) < 4.78 is 62.3. The van der Waals surface area contributed by atoms with Crippen molar-refractivity contribution < 1.29 is 30.4 Å². The number of rotatable bonds is 7. The van der Waals surface area contributed by atoms with E-state index in [9.17, 15) is 22.0 Å². The van der Waals surface area contributed by atoms with Crippen LogP contribution in [0.1, 0.15) is 30.0 Å². The highest BCUT2D eigenvalue weighted by molar-refractivity contribution is 7.82. The molecule has 192 valence electrons. The van der Waals surface area contributed by atoms with Crippen LogP contribution in [0.5, 0.6) is 0 Å². The Morgan fingerprint density at radius 2 is 1.84 bits per heavy atom. The molecule has 2 aromatic heterocycles. The average Bonchev–Trinajstić information content (AvgIpc) is 3.47. The van der Waals surface area contributed by atoms with Gasteiger partial charge in [-0.3, -0.25) is 19.4 Å². The maximum atomic E-state index is 13.1. The van der Waals surface area contributed by atoms with Crippen LogP contribution in [0.2, 0.25) is 0 Å². The average molecular weight is 530 g/mol. The van der Waals surface area contributed by atoms with E-state index in [1.807, 2.05) is 10.9 Å². The van der Waals surface area contributed by atoms with Crippen molar-refractivity contribution in [3.8, 4) is 11.1 Å². The second-order valence-corrected chi connectivity index (χ2v) is 10.4. The van der Waals surface area contributed by atoms with Gasteiger partial charge in [-0.1, -0.05) is 12.1 Å². The first-order valence-corrected chi connectivity index (χ1v) is 12.9. The summed E-state index contributed by atoms with van der Waals surface area (Å²) in [6, 6.07) is 8.60. The molecule has 4 heterocycles. The van der Waals surface area contributed by atoms with Crippen molar-refractivity contribution in [1.29, 1.82) is 0 Å². The van der Waals surface area contributed by atoms with Crippen LogP contribution in [-0.4, -0.2) is 53.0 Å². The molecular formula is C24H21F2N5O5S. The second-order valence-electron chi connectivity index (χ2n) is 9.25. The number of nitrogens with one attached hydrogen (secondary N) is 1. The van der Waals surface area contributed by atoms with Gasteiger partial charge in [-0.15, -0.1) is 8.42 Å². The van der Waals surface area contributed by atoms with Gasteiger partial charge in [0.25, 0.3) is 17.6 Å². The van der Waals surface area contributed by atoms with Crippen LogP contribution in [0, 0.1) is 0 Å². The quantitative estimate of drug-likeness (QED) is 0.496. The van der Waals surface area contributed by atoms with E-state index in [1.54, 1.807) is 47.6 Å². The second kappa shape index (κ2) is 8.63. The molecule has 10 nitrogen and oxygen atoms in total. The van der Waals surface area contributed by atoms with Gasteiger partial charge in [0.15, 0.2) is 0 Å². The van der Waals surface area contributed by atoms with Crippen LogP contribution in [0.4, 0.5) is 14.5 Å². The largest absolute Gasteiger partial charge is 0.501 e. The van der Waals surface area contributed by atoms with Crippen molar-refractivity contribution in [2.75, 3.05) is 18.4 Å². The Morgan fingerprint density at radius 3 is 2.54 bits per heavy atom. The van der Waals surface area contributed by atoms with Crippen LogP contribution in [0.3, 0.4) is 0 Å². The third-order valence-corrected chi connectivity index (χ3v) is 6.95. The van der Waals surface area contributed by atoms with E-state index in [0.29, 0.717) is 29.4 Å². The number of alkyl halides is 2. The molecule has 1 saturated carbocycles. The van der Waals surface area contributed by atoms with E-state index in [2.05, 4.69) is 15.4 Å². The van der Waals surface area contributed by atoms with Crippen molar-refractivity contribution in [2.45, 2.75) is 31.4 Å². The predicted octanol–water partition coefficient (Wildman–Crippen LogP) is 3.33. The van der Waals surface area contributed by atoms with Crippen LogP contribution in [-0.2, 0) is 30.1 Å². The Hall–Kier alpha value is -3.84. The number of likely N-dealkylation sites (tertiary alicyclic amines) is 1. The number of anilines is 1. The number of pyridine rings is 1. The summed E-state index contributed by atoms with van der Waals surface area (Å²) in [6.45, 7) is -0.215. The van der Waals surface area contributed by atoms with Gasteiger partial charge in [-0.2, -0.15) is 5.10 Å². The van der Waals surface area contributed by atoms with E-state index in [0.717, 1.165) is 18.4 Å². The standard InChI is InChI=1S/C24H21F2N5O5S/c25-24(26)13-30(14-24)11-15-1-3-17(4-2-15)29-23(32)22-21(35-37(33,34)36-22)20-10-27-8-7-19(20)16-9-28-31(12-16)18-5-6-18/h1-4,7-10,12,18H,5-6,11,13-14H2,(H,29,32). The summed E-state index contributed by atoms with van der Waals surface area (Å²) in [7, 11) is -4.50. The Bertz CT molecular complexity index is 1510. The lowest BCUT2D eigenvalue weighted by atomic mass is 10.0. The fraction of sp³-hybridized carbons (Fsp3) is 0.292. The molecular weight excluding hydrogens is 508 g/mol. The van der Waals surface area contributed by atoms with Gasteiger partial charge in [0.2, 0.25) is 5.76 Å². The minimum atomic E-state index is -4.50. The van der Waals surface area contributed by atoms with Crippen LogP contribution >= 0.6 is 0 Å². The van der Waals surface area contributed by atoms with E-state index in [1.165, 1.54) is 6.20 Å². The highest BCUT2D eigenvalue weighted by Crippen LogP contribution is 2.39. The Kier molecular flexibility index (Phi) is 5.49. The molecule has 13 heteroatoms. The molecule has 1 amide bonds. The van der Waals surface area contributed by atoms with Crippen molar-refractivity contribution >= 4 is 27.8 Å². The minimum absolute atomic E-state index is 0.255. The molecule has 0 bridgehead atoms. The molecule has 3 aliphatic rings. The normalized spacial score (nSPS) is 20.2. The van der Waals surface area contributed by atoms with E-state index < -0.39 is 28.0 Å². The first-order valence-electron chi connectivity index (χ1n) is 11.5. The highest BCUT2D eigenvalue weighted by Gasteiger charge is 2.43.